The van der Waals surface area contributed by atoms with Gasteiger partial charge in [0.05, 0.1) is 0 Å². The molecule has 0 radical (unpaired) electrons. The molecule has 0 heterocycles. The SMILES string of the molecule is CCCC(CC)c1ccc(C)cc1.CCCC(CC)c1ccc(O)cc1. The van der Waals surface area contributed by atoms with Crippen LogP contribution in [0.4, 0.5) is 0 Å². The summed E-state index contributed by atoms with van der Waals surface area (Å²) in [7, 11) is 0. The maximum absolute atomic E-state index is 9.14. The zero-order chi connectivity index (χ0) is 19.4. The van der Waals surface area contributed by atoms with Crippen molar-refractivity contribution in [3.05, 3.63) is 65.2 Å². The molecular formula is C25H38O. The van der Waals surface area contributed by atoms with Gasteiger partial charge in [0.2, 0.25) is 0 Å². The second-order valence-corrected chi connectivity index (χ2v) is 7.29. The fraction of sp³-hybridized carbons (Fsp3) is 0.520. The molecule has 0 saturated carbocycles. The van der Waals surface area contributed by atoms with E-state index in [1.165, 1.54) is 55.2 Å². The predicted molar refractivity (Wildman–Crippen MR) is 115 cm³/mol. The lowest BCUT2D eigenvalue weighted by atomic mass is 9.92. The Labute approximate surface area is 161 Å². The van der Waals surface area contributed by atoms with Crippen LogP contribution in [0.15, 0.2) is 48.5 Å². The van der Waals surface area contributed by atoms with Crippen LogP contribution < -0.4 is 0 Å². The third-order valence-corrected chi connectivity index (χ3v) is 5.17. The topological polar surface area (TPSA) is 20.2 Å². The average Bonchev–Trinajstić information content (AvgIpc) is 2.66. The van der Waals surface area contributed by atoms with E-state index in [2.05, 4.69) is 58.9 Å². The van der Waals surface area contributed by atoms with Gasteiger partial charge in [0.25, 0.3) is 0 Å². The molecule has 2 atom stereocenters. The monoisotopic (exact) mass is 354 g/mol. The Morgan fingerprint density at radius 1 is 0.654 bits per heavy atom. The Morgan fingerprint density at radius 3 is 1.38 bits per heavy atom. The molecule has 2 aromatic rings. The number of benzene rings is 2. The smallest absolute Gasteiger partial charge is 0.115 e. The highest BCUT2D eigenvalue weighted by Gasteiger charge is 2.07. The van der Waals surface area contributed by atoms with Gasteiger partial charge in [0, 0.05) is 0 Å². The van der Waals surface area contributed by atoms with E-state index in [0.717, 1.165) is 5.92 Å². The lowest BCUT2D eigenvalue weighted by Crippen LogP contribution is -1.96. The first-order chi connectivity index (χ1) is 12.5. The number of phenols is 1. The van der Waals surface area contributed by atoms with E-state index in [9.17, 15) is 0 Å². The van der Waals surface area contributed by atoms with E-state index in [1.807, 2.05) is 12.1 Å². The summed E-state index contributed by atoms with van der Waals surface area (Å²) in [6, 6.07) is 16.6. The first-order valence-electron chi connectivity index (χ1n) is 10.4. The van der Waals surface area contributed by atoms with Gasteiger partial charge < -0.3 is 5.11 Å². The highest BCUT2D eigenvalue weighted by molar-refractivity contribution is 5.28. The number of hydrogen-bond acceptors (Lipinski definition) is 1. The normalized spacial score (nSPS) is 12.8. The lowest BCUT2D eigenvalue weighted by Gasteiger charge is -2.14. The molecule has 0 aliphatic rings. The molecule has 1 nitrogen and oxygen atoms in total. The summed E-state index contributed by atoms with van der Waals surface area (Å²) in [6.45, 7) is 11.1. The van der Waals surface area contributed by atoms with Gasteiger partial charge in [-0.2, -0.15) is 0 Å². The predicted octanol–water partition coefficient (Wildman–Crippen LogP) is 7.97. The van der Waals surface area contributed by atoms with Crippen LogP contribution in [-0.2, 0) is 0 Å². The molecule has 0 aliphatic carbocycles. The van der Waals surface area contributed by atoms with Crippen molar-refractivity contribution in [2.45, 2.75) is 85.0 Å². The van der Waals surface area contributed by atoms with Gasteiger partial charge in [-0.3, -0.25) is 0 Å². The molecule has 1 N–H and O–H groups in total. The van der Waals surface area contributed by atoms with E-state index in [-0.39, 0.29) is 0 Å². The number of phenolic OH excluding ortho intramolecular Hbond substituents is 1. The lowest BCUT2D eigenvalue weighted by molar-refractivity contribution is 0.474. The minimum absolute atomic E-state index is 0.357. The quantitative estimate of drug-likeness (QED) is 0.509. The maximum atomic E-state index is 9.14. The number of aryl methyl sites for hydroxylation is 1. The summed E-state index contributed by atoms with van der Waals surface area (Å²) >= 11 is 0. The molecule has 0 spiro atoms. The van der Waals surface area contributed by atoms with Gasteiger partial charge in [0.1, 0.15) is 5.75 Å². The largest absolute Gasteiger partial charge is 0.508 e. The molecule has 144 valence electrons. The van der Waals surface area contributed by atoms with Crippen LogP contribution in [0.1, 0.15) is 94.7 Å². The van der Waals surface area contributed by atoms with Crippen molar-refractivity contribution in [1.82, 2.24) is 0 Å². The van der Waals surface area contributed by atoms with Crippen LogP contribution in [0.2, 0.25) is 0 Å². The van der Waals surface area contributed by atoms with E-state index >= 15 is 0 Å². The molecule has 0 amide bonds. The van der Waals surface area contributed by atoms with Gasteiger partial charge in [-0.05, 0) is 67.7 Å². The first-order valence-corrected chi connectivity index (χ1v) is 10.4. The fourth-order valence-electron chi connectivity index (χ4n) is 3.50. The zero-order valence-corrected chi connectivity index (χ0v) is 17.5. The summed E-state index contributed by atoms with van der Waals surface area (Å²) in [6.07, 6.45) is 7.50. The molecule has 2 rings (SSSR count). The third kappa shape index (κ3) is 7.64. The number of hydrogen-bond donors (Lipinski definition) is 1. The standard InChI is InChI=1S/C13H20.C12H18O/c1-4-6-12(5-2)13-9-7-11(3)8-10-13;1-3-5-10(4-2)11-6-8-12(13)9-7-11/h7-10,12H,4-6H2,1-3H3;6-10,13H,3-5H2,1-2H3. The van der Waals surface area contributed by atoms with Crippen LogP contribution in [0.3, 0.4) is 0 Å². The van der Waals surface area contributed by atoms with E-state index in [0.29, 0.717) is 11.7 Å². The summed E-state index contributed by atoms with van der Waals surface area (Å²) in [4.78, 5) is 0. The van der Waals surface area contributed by atoms with Crippen LogP contribution in [0, 0.1) is 6.92 Å². The Kier molecular flexibility index (Phi) is 10.8. The molecule has 0 fully saturated rings. The molecule has 26 heavy (non-hydrogen) atoms. The van der Waals surface area contributed by atoms with Crippen LogP contribution >= 0.6 is 0 Å². The minimum atomic E-state index is 0.357. The Morgan fingerprint density at radius 2 is 1.04 bits per heavy atom. The molecule has 2 aromatic carbocycles. The molecule has 0 aromatic heterocycles. The van der Waals surface area contributed by atoms with Gasteiger partial charge in [-0.1, -0.05) is 82.5 Å². The summed E-state index contributed by atoms with van der Waals surface area (Å²) < 4.78 is 0. The van der Waals surface area contributed by atoms with Crippen molar-refractivity contribution >= 4 is 0 Å². The molecule has 0 bridgehead atoms. The van der Waals surface area contributed by atoms with Crippen molar-refractivity contribution in [3.63, 3.8) is 0 Å². The highest BCUT2D eigenvalue weighted by atomic mass is 16.3. The van der Waals surface area contributed by atoms with E-state index in [4.69, 9.17) is 5.11 Å². The molecule has 2 unspecified atom stereocenters. The molecule has 1 heteroatoms. The van der Waals surface area contributed by atoms with Crippen LogP contribution in [0.25, 0.3) is 0 Å². The molecule has 0 saturated heterocycles. The van der Waals surface area contributed by atoms with E-state index < -0.39 is 0 Å². The van der Waals surface area contributed by atoms with Crippen LogP contribution in [-0.4, -0.2) is 5.11 Å². The maximum Gasteiger partial charge on any atom is 0.115 e. The van der Waals surface area contributed by atoms with Gasteiger partial charge in [-0.25, -0.2) is 0 Å². The Bertz CT molecular complexity index is 527. The summed E-state index contributed by atoms with van der Waals surface area (Å²) in [5.41, 5.74) is 4.22. The molecular weight excluding hydrogens is 316 g/mol. The second kappa shape index (κ2) is 12.6. The third-order valence-electron chi connectivity index (χ3n) is 5.17. The van der Waals surface area contributed by atoms with Crippen molar-refractivity contribution in [3.8, 4) is 5.75 Å². The van der Waals surface area contributed by atoms with Crippen molar-refractivity contribution < 1.29 is 5.11 Å². The van der Waals surface area contributed by atoms with Crippen LogP contribution in [0.5, 0.6) is 5.75 Å². The van der Waals surface area contributed by atoms with Crippen molar-refractivity contribution in [1.29, 1.82) is 0 Å². The zero-order valence-electron chi connectivity index (χ0n) is 17.5. The fourth-order valence-corrected chi connectivity index (χ4v) is 3.50. The summed E-state index contributed by atoms with van der Waals surface area (Å²) in [5.74, 6) is 1.78. The molecule has 0 aliphatic heterocycles. The highest BCUT2D eigenvalue weighted by Crippen LogP contribution is 2.26. The summed E-state index contributed by atoms with van der Waals surface area (Å²) in [5, 5.41) is 9.14. The van der Waals surface area contributed by atoms with Gasteiger partial charge >= 0.3 is 0 Å². The second-order valence-electron chi connectivity index (χ2n) is 7.29. The average molecular weight is 355 g/mol. The number of rotatable bonds is 8. The van der Waals surface area contributed by atoms with Crippen molar-refractivity contribution in [2.24, 2.45) is 0 Å². The minimum Gasteiger partial charge on any atom is -0.508 e. The Balaban J connectivity index is 0.000000260. The van der Waals surface area contributed by atoms with Crippen molar-refractivity contribution in [2.75, 3.05) is 0 Å². The van der Waals surface area contributed by atoms with Gasteiger partial charge in [0.15, 0.2) is 0 Å². The van der Waals surface area contributed by atoms with Gasteiger partial charge in [-0.15, -0.1) is 0 Å². The van der Waals surface area contributed by atoms with E-state index in [1.54, 1.807) is 12.1 Å². The number of aromatic hydroxyl groups is 1. The Hall–Kier alpha value is -1.76. The first kappa shape index (κ1) is 22.3.